The molecular formula is C26H23Cl2HfP. The van der Waals surface area contributed by atoms with Crippen LogP contribution in [0.15, 0.2) is 78.9 Å². The molecule has 0 saturated carbocycles. The average Bonchev–Trinajstić information content (AvgIpc) is 3.46. The Balaban J connectivity index is 0.000000356. The fourth-order valence-electron chi connectivity index (χ4n) is 4.39. The van der Waals surface area contributed by atoms with E-state index >= 15 is 0 Å². The molecule has 0 bridgehead atoms. The number of benzene rings is 2. The number of allylic oxidation sites excluding steroid dienone is 4. The van der Waals surface area contributed by atoms with Crippen LogP contribution in [0.5, 0.6) is 0 Å². The van der Waals surface area contributed by atoms with Gasteiger partial charge < -0.3 is 24.8 Å². The summed E-state index contributed by atoms with van der Waals surface area (Å²) in [6.07, 6.45) is 15.3. The van der Waals surface area contributed by atoms with Crippen molar-refractivity contribution in [2.45, 2.75) is 32.1 Å². The molecule has 0 radical (unpaired) electrons. The third kappa shape index (κ3) is 4.91. The van der Waals surface area contributed by atoms with Gasteiger partial charge in [0.15, 0.2) is 0 Å². The van der Waals surface area contributed by atoms with E-state index in [-0.39, 0.29) is 58.2 Å². The van der Waals surface area contributed by atoms with Gasteiger partial charge >= 0.3 is 25.8 Å². The van der Waals surface area contributed by atoms with E-state index < -0.39 is 0 Å². The molecule has 1 aromatic heterocycles. The summed E-state index contributed by atoms with van der Waals surface area (Å²) in [5.41, 5.74) is 1.68. The van der Waals surface area contributed by atoms with Crippen molar-refractivity contribution in [2.75, 3.05) is 0 Å². The summed E-state index contributed by atoms with van der Waals surface area (Å²) in [4.78, 5) is 0. The van der Waals surface area contributed by atoms with Gasteiger partial charge in [-0.05, 0) is 41.9 Å². The number of rotatable bonds is 1. The maximum atomic E-state index is 2.99. The van der Waals surface area contributed by atoms with Gasteiger partial charge in [0.1, 0.15) is 0 Å². The Morgan fingerprint density at radius 2 is 1.67 bits per heavy atom. The molecule has 1 atom stereocenters. The second-order valence-corrected chi connectivity index (χ2v) is 9.54. The van der Waals surface area contributed by atoms with E-state index in [9.17, 15) is 0 Å². The quantitative estimate of drug-likeness (QED) is 0.227. The SMILES string of the molecule is [C-]1=CC=CC1.[Cl-].[Cl-].[Hf+4].c1ccc2[cH-]c(-p3c4c(c5ccccc53)CCCC4)cc2c1. The van der Waals surface area contributed by atoms with Gasteiger partial charge in [0.05, 0.1) is 0 Å². The number of fused-ring (bicyclic) bond motifs is 4. The van der Waals surface area contributed by atoms with Crippen LogP contribution < -0.4 is 24.8 Å². The van der Waals surface area contributed by atoms with Crippen LogP contribution in [0.3, 0.4) is 0 Å². The molecule has 0 spiro atoms. The molecule has 0 saturated heterocycles. The van der Waals surface area contributed by atoms with Crippen LogP contribution in [0.4, 0.5) is 0 Å². The molecule has 0 nitrogen and oxygen atoms in total. The molecule has 4 aromatic rings. The van der Waals surface area contributed by atoms with Crippen molar-refractivity contribution in [3.05, 3.63) is 95.8 Å². The first-order valence-corrected chi connectivity index (χ1v) is 11.2. The van der Waals surface area contributed by atoms with Crippen LogP contribution in [0.2, 0.25) is 0 Å². The third-order valence-electron chi connectivity index (χ3n) is 5.63. The molecule has 3 aromatic carbocycles. The number of hydrogen-bond acceptors (Lipinski definition) is 0. The van der Waals surface area contributed by atoms with Gasteiger partial charge in [-0.2, -0.15) is 12.1 Å². The number of aryl methyl sites for hydroxylation is 1. The Kier molecular flexibility index (Phi) is 9.76. The first-order chi connectivity index (χ1) is 13.4. The van der Waals surface area contributed by atoms with Crippen molar-refractivity contribution in [3.63, 3.8) is 0 Å². The van der Waals surface area contributed by atoms with E-state index in [2.05, 4.69) is 72.8 Å². The Bertz CT molecular complexity index is 1120. The smallest absolute Gasteiger partial charge is 1.00 e. The Morgan fingerprint density at radius 1 is 0.900 bits per heavy atom. The molecule has 150 valence electrons. The average molecular weight is 616 g/mol. The van der Waals surface area contributed by atoms with Gasteiger partial charge in [0.25, 0.3) is 0 Å². The maximum absolute atomic E-state index is 2.99. The van der Waals surface area contributed by atoms with Gasteiger partial charge in [-0.1, -0.05) is 35.6 Å². The normalized spacial score (nSPS) is 14.2. The molecule has 1 unspecified atom stereocenters. The minimum atomic E-state index is -0.281. The van der Waals surface area contributed by atoms with Crippen molar-refractivity contribution in [1.29, 1.82) is 0 Å². The first-order valence-electron chi connectivity index (χ1n) is 9.90. The number of halogens is 2. The summed E-state index contributed by atoms with van der Waals surface area (Å²) in [7, 11) is -0.281. The summed E-state index contributed by atoms with van der Waals surface area (Å²) in [5.74, 6) is 0. The molecule has 0 aliphatic heterocycles. The molecule has 2 aliphatic carbocycles. The van der Waals surface area contributed by atoms with Crippen molar-refractivity contribution in [2.24, 2.45) is 0 Å². The minimum absolute atomic E-state index is 0. The van der Waals surface area contributed by atoms with Crippen molar-refractivity contribution in [1.82, 2.24) is 0 Å². The second-order valence-electron chi connectivity index (χ2n) is 7.33. The minimum Gasteiger partial charge on any atom is -1.00 e. The van der Waals surface area contributed by atoms with Crippen molar-refractivity contribution in [3.8, 4) is 5.30 Å². The molecule has 0 amide bonds. The Labute approximate surface area is 211 Å². The molecule has 6 rings (SSSR count). The van der Waals surface area contributed by atoms with Gasteiger partial charge in [-0.15, -0.1) is 49.0 Å². The van der Waals surface area contributed by atoms with E-state index in [0.29, 0.717) is 0 Å². The maximum Gasteiger partial charge on any atom is 4.00 e. The molecule has 2 aliphatic rings. The molecular weight excluding hydrogens is 593 g/mol. The zero-order chi connectivity index (χ0) is 18.1. The largest absolute Gasteiger partial charge is 4.00 e. The molecule has 30 heavy (non-hydrogen) atoms. The van der Waals surface area contributed by atoms with Gasteiger partial charge in [0, 0.05) is 5.12 Å². The Morgan fingerprint density at radius 3 is 2.40 bits per heavy atom. The monoisotopic (exact) mass is 616 g/mol. The first kappa shape index (κ1) is 25.3. The molecule has 0 fully saturated rings. The van der Waals surface area contributed by atoms with Crippen LogP contribution in [0, 0.1) is 6.08 Å². The van der Waals surface area contributed by atoms with E-state index in [4.69, 9.17) is 0 Å². The molecule has 1 heterocycles. The summed E-state index contributed by atoms with van der Waals surface area (Å²) >= 11 is 0. The predicted octanol–water partition coefficient (Wildman–Crippen LogP) is 1.88. The number of hydrogen-bond donors (Lipinski definition) is 0. The van der Waals surface area contributed by atoms with E-state index in [1.54, 1.807) is 26.7 Å². The van der Waals surface area contributed by atoms with Crippen molar-refractivity contribution < 1.29 is 50.7 Å². The van der Waals surface area contributed by atoms with E-state index in [1.807, 2.05) is 12.2 Å². The fraction of sp³-hybridized carbons (Fsp3) is 0.192. The second kappa shape index (κ2) is 11.6. The van der Waals surface area contributed by atoms with Crippen LogP contribution >= 0.6 is 7.53 Å². The third-order valence-corrected chi connectivity index (χ3v) is 8.31. The van der Waals surface area contributed by atoms with Crippen LogP contribution in [0.1, 0.15) is 30.1 Å². The Hall–Kier alpha value is -0.980. The standard InChI is InChI=1S/C21H18P.C5H5.2ClH.Hf/c1-2-8-16-14-17(13-15(16)7-1)22-20-11-5-3-9-18(20)19-10-4-6-12-21(19)22;1-2-4-5-3-1;;;/h1-3,5,7-9,11,13-14H,4,6,10,12H2;1-3H,4H2;2*1H;/q2*-1;;;+4/p-2. The van der Waals surface area contributed by atoms with Crippen LogP contribution in [-0.4, -0.2) is 0 Å². The fourth-order valence-corrected chi connectivity index (χ4v) is 7.38. The van der Waals surface area contributed by atoms with Crippen LogP contribution in [-0.2, 0) is 38.7 Å². The summed E-state index contributed by atoms with van der Waals surface area (Å²) in [6.45, 7) is 0. The van der Waals surface area contributed by atoms with Crippen molar-refractivity contribution >= 4 is 28.8 Å². The molecule has 4 heteroatoms. The van der Waals surface area contributed by atoms with Gasteiger partial charge in [-0.25, -0.2) is 12.2 Å². The molecule has 0 N–H and O–H groups in total. The summed E-state index contributed by atoms with van der Waals surface area (Å²) in [5, 5.41) is 9.24. The predicted molar refractivity (Wildman–Crippen MR) is 119 cm³/mol. The van der Waals surface area contributed by atoms with Gasteiger partial charge in [-0.3, -0.25) is 6.08 Å². The topological polar surface area (TPSA) is 0 Å². The zero-order valence-corrected chi connectivity index (χ0v) is 22.7. The van der Waals surface area contributed by atoms with Crippen LogP contribution in [0.25, 0.3) is 26.6 Å². The van der Waals surface area contributed by atoms with E-state index in [1.165, 1.54) is 36.5 Å². The zero-order valence-electron chi connectivity index (χ0n) is 16.7. The summed E-state index contributed by atoms with van der Waals surface area (Å²) < 4.78 is 0. The summed E-state index contributed by atoms with van der Waals surface area (Å²) in [6, 6.07) is 22.8. The van der Waals surface area contributed by atoms with Gasteiger partial charge in [0.2, 0.25) is 0 Å². The van der Waals surface area contributed by atoms with E-state index in [0.717, 1.165) is 6.42 Å².